The van der Waals surface area contributed by atoms with Crippen LogP contribution in [-0.4, -0.2) is 0 Å². The van der Waals surface area contributed by atoms with Gasteiger partial charge in [0, 0.05) is 0 Å². The molecule has 0 amide bonds. The van der Waals surface area contributed by atoms with Gasteiger partial charge in [0.1, 0.15) is 0 Å². The molecule has 0 N–H and O–H groups in total. The Morgan fingerprint density at radius 3 is 1.65 bits per heavy atom. The molecule has 0 heteroatoms. The van der Waals surface area contributed by atoms with Crippen molar-refractivity contribution in [3.05, 3.63) is 0 Å². The molecule has 0 bridgehead atoms. The molecule has 0 aliphatic heterocycles. The van der Waals surface area contributed by atoms with Crippen molar-refractivity contribution >= 4 is 0 Å². The van der Waals surface area contributed by atoms with Crippen molar-refractivity contribution in [2.45, 2.75) is 133 Å². The van der Waals surface area contributed by atoms with Crippen LogP contribution in [0.25, 0.3) is 0 Å². The van der Waals surface area contributed by atoms with E-state index in [9.17, 15) is 0 Å². The zero-order chi connectivity index (χ0) is 20.4. The maximum Gasteiger partial charge on any atom is -0.0380 e. The molecule has 26 heavy (non-hydrogen) atoms. The lowest BCUT2D eigenvalue weighted by atomic mass is 9.74. The third-order valence-corrected chi connectivity index (χ3v) is 6.22. The maximum atomic E-state index is 2.54. The van der Waals surface area contributed by atoms with E-state index in [4.69, 9.17) is 0 Å². The van der Waals surface area contributed by atoms with Gasteiger partial charge in [-0.2, -0.15) is 0 Å². The summed E-state index contributed by atoms with van der Waals surface area (Å²) in [6.07, 6.45) is 14.1. The summed E-state index contributed by atoms with van der Waals surface area (Å²) in [5.41, 5.74) is 0.931. The van der Waals surface area contributed by atoms with E-state index >= 15 is 0 Å². The van der Waals surface area contributed by atoms with E-state index in [0.29, 0.717) is 10.8 Å². The SMILES string of the molecule is CCCCC(CC)CCC(CCC(C)CC(C)(C)C)C(C)CC(C)(C)C. The minimum atomic E-state index is 0.459. The van der Waals surface area contributed by atoms with Crippen LogP contribution < -0.4 is 0 Å². The summed E-state index contributed by atoms with van der Waals surface area (Å²) in [5.74, 6) is 3.61. The Hall–Kier alpha value is 0. The van der Waals surface area contributed by atoms with Gasteiger partial charge in [-0.3, -0.25) is 0 Å². The van der Waals surface area contributed by atoms with Crippen molar-refractivity contribution in [1.82, 2.24) is 0 Å². The maximum absolute atomic E-state index is 2.54. The first-order chi connectivity index (χ1) is 11.9. The highest BCUT2D eigenvalue weighted by Gasteiger charge is 2.25. The van der Waals surface area contributed by atoms with Gasteiger partial charge in [-0.1, -0.05) is 108 Å². The smallest absolute Gasteiger partial charge is 0.0380 e. The van der Waals surface area contributed by atoms with Gasteiger partial charge in [-0.25, -0.2) is 0 Å². The second-order valence-electron chi connectivity index (χ2n) is 11.9. The summed E-state index contributed by atoms with van der Waals surface area (Å²) >= 11 is 0. The second-order valence-corrected chi connectivity index (χ2v) is 11.9. The third kappa shape index (κ3) is 14.1. The Balaban J connectivity index is 4.73. The van der Waals surface area contributed by atoms with Crippen LogP contribution in [0.3, 0.4) is 0 Å². The fourth-order valence-electron chi connectivity index (χ4n) is 4.99. The molecule has 0 aromatic carbocycles. The van der Waals surface area contributed by atoms with Gasteiger partial charge in [-0.15, -0.1) is 0 Å². The van der Waals surface area contributed by atoms with E-state index in [1.165, 1.54) is 64.2 Å². The van der Waals surface area contributed by atoms with Crippen LogP contribution in [0.2, 0.25) is 0 Å². The van der Waals surface area contributed by atoms with E-state index in [1.807, 2.05) is 0 Å². The van der Waals surface area contributed by atoms with Crippen molar-refractivity contribution in [2.75, 3.05) is 0 Å². The monoisotopic (exact) mass is 366 g/mol. The average molecular weight is 367 g/mol. The van der Waals surface area contributed by atoms with Crippen LogP contribution in [-0.2, 0) is 0 Å². The zero-order valence-corrected chi connectivity index (χ0v) is 20.4. The van der Waals surface area contributed by atoms with Crippen LogP contribution in [0.4, 0.5) is 0 Å². The molecule has 4 unspecified atom stereocenters. The van der Waals surface area contributed by atoms with Crippen molar-refractivity contribution in [3.8, 4) is 0 Å². The van der Waals surface area contributed by atoms with Gasteiger partial charge in [0.05, 0.1) is 0 Å². The molecule has 0 heterocycles. The highest BCUT2D eigenvalue weighted by molar-refractivity contribution is 4.76. The topological polar surface area (TPSA) is 0 Å². The van der Waals surface area contributed by atoms with Crippen LogP contribution in [0, 0.1) is 34.5 Å². The van der Waals surface area contributed by atoms with Crippen LogP contribution in [0.15, 0.2) is 0 Å². The molecule has 0 aliphatic carbocycles. The fourth-order valence-corrected chi connectivity index (χ4v) is 4.99. The third-order valence-electron chi connectivity index (χ3n) is 6.22. The molecule has 0 fully saturated rings. The van der Waals surface area contributed by atoms with Gasteiger partial charge >= 0.3 is 0 Å². The Morgan fingerprint density at radius 2 is 1.19 bits per heavy atom. The number of hydrogen-bond acceptors (Lipinski definition) is 0. The molecule has 0 rings (SSSR count). The molecule has 0 aromatic heterocycles. The van der Waals surface area contributed by atoms with E-state index < -0.39 is 0 Å². The minimum Gasteiger partial charge on any atom is -0.0654 e. The van der Waals surface area contributed by atoms with Gasteiger partial charge in [-0.05, 0) is 60.2 Å². The quantitative estimate of drug-likeness (QED) is 0.304. The molecule has 0 saturated carbocycles. The molecule has 0 aliphatic rings. The normalized spacial score (nSPS) is 17.8. The van der Waals surface area contributed by atoms with Gasteiger partial charge < -0.3 is 0 Å². The first-order valence-electron chi connectivity index (χ1n) is 11.9. The van der Waals surface area contributed by atoms with E-state index in [0.717, 1.165) is 23.7 Å². The predicted octanol–water partition coefficient (Wildman–Crippen LogP) is 9.52. The predicted molar refractivity (Wildman–Crippen MR) is 122 cm³/mol. The van der Waals surface area contributed by atoms with Gasteiger partial charge in [0.25, 0.3) is 0 Å². The molecule has 4 atom stereocenters. The van der Waals surface area contributed by atoms with Crippen molar-refractivity contribution in [2.24, 2.45) is 34.5 Å². The highest BCUT2D eigenvalue weighted by atomic mass is 14.3. The standard InChI is InChI=1S/C26H54/c1-11-13-14-23(12-2)16-18-24(22(4)20-26(8,9)10)17-15-21(3)19-25(5,6)7/h21-24H,11-20H2,1-10H3. The van der Waals surface area contributed by atoms with Crippen LogP contribution in [0.1, 0.15) is 133 Å². The Morgan fingerprint density at radius 1 is 0.654 bits per heavy atom. The molecule has 0 spiro atoms. The lowest BCUT2D eigenvalue weighted by Crippen LogP contribution is -2.21. The van der Waals surface area contributed by atoms with E-state index in [-0.39, 0.29) is 0 Å². The van der Waals surface area contributed by atoms with Gasteiger partial charge in [0.2, 0.25) is 0 Å². The molecule has 0 saturated heterocycles. The largest absolute Gasteiger partial charge is 0.0654 e. The summed E-state index contributed by atoms with van der Waals surface area (Å²) in [6, 6.07) is 0. The average Bonchev–Trinajstić information content (AvgIpc) is 2.46. The summed E-state index contributed by atoms with van der Waals surface area (Å²) in [7, 11) is 0. The number of hydrogen-bond donors (Lipinski definition) is 0. The number of unbranched alkanes of at least 4 members (excludes halogenated alkanes) is 1. The lowest BCUT2D eigenvalue weighted by molar-refractivity contribution is 0.191. The Bertz CT molecular complexity index is 327. The number of rotatable bonds is 13. The molecule has 0 nitrogen and oxygen atoms in total. The summed E-state index contributed by atoms with van der Waals surface area (Å²) in [6.45, 7) is 24.2. The lowest BCUT2D eigenvalue weighted by Gasteiger charge is -2.32. The van der Waals surface area contributed by atoms with Crippen LogP contribution >= 0.6 is 0 Å². The van der Waals surface area contributed by atoms with Crippen molar-refractivity contribution in [1.29, 1.82) is 0 Å². The Labute approximate surface area is 168 Å². The molecule has 0 radical (unpaired) electrons. The molecule has 158 valence electrons. The first kappa shape index (κ1) is 26.0. The van der Waals surface area contributed by atoms with Crippen LogP contribution in [0.5, 0.6) is 0 Å². The summed E-state index contributed by atoms with van der Waals surface area (Å²) < 4.78 is 0. The first-order valence-corrected chi connectivity index (χ1v) is 11.9. The second kappa shape index (κ2) is 12.5. The summed E-state index contributed by atoms with van der Waals surface area (Å²) in [4.78, 5) is 0. The van der Waals surface area contributed by atoms with Gasteiger partial charge in [0.15, 0.2) is 0 Å². The highest BCUT2D eigenvalue weighted by Crippen LogP contribution is 2.36. The van der Waals surface area contributed by atoms with Crippen molar-refractivity contribution < 1.29 is 0 Å². The zero-order valence-electron chi connectivity index (χ0n) is 20.4. The minimum absolute atomic E-state index is 0.459. The Kier molecular flexibility index (Phi) is 12.5. The molecular weight excluding hydrogens is 312 g/mol. The summed E-state index contributed by atoms with van der Waals surface area (Å²) in [5, 5.41) is 0. The van der Waals surface area contributed by atoms with E-state index in [2.05, 4.69) is 69.2 Å². The fraction of sp³-hybridized carbons (Fsp3) is 1.00. The van der Waals surface area contributed by atoms with Crippen molar-refractivity contribution in [3.63, 3.8) is 0 Å². The molecular formula is C26H54. The van der Waals surface area contributed by atoms with E-state index in [1.54, 1.807) is 0 Å². The molecule has 0 aromatic rings.